The first kappa shape index (κ1) is 30.1. The van der Waals surface area contributed by atoms with Gasteiger partial charge >= 0.3 is 0 Å². The number of fused-ring (bicyclic) bond motifs is 10. The summed E-state index contributed by atoms with van der Waals surface area (Å²) in [6.07, 6.45) is 0. The average molecular weight is 700 g/mol. The molecular weight excluding hydrogens is 667 g/mol. The van der Waals surface area contributed by atoms with Gasteiger partial charge in [0, 0.05) is 49.4 Å². The normalized spacial score (nSPS) is 12.0. The number of benzene rings is 9. The van der Waals surface area contributed by atoms with Gasteiger partial charge in [-0.2, -0.15) is 0 Å². The summed E-state index contributed by atoms with van der Waals surface area (Å²) >= 11 is 0. The lowest BCUT2D eigenvalue weighted by Crippen LogP contribution is -1.95. The van der Waals surface area contributed by atoms with Crippen molar-refractivity contribution in [2.75, 3.05) is 0 Å². The van der Waals surface area contributed by atoms with Crippen LogP contribution in [0.4, 0.5) is 0 Å². The zero-order valence-corrected chi connectivity index (χ0v) is 29.9. The summed E-state index contributed by atoms with van der Waals surface area (Å²) in [7, 11) is 0. The SMILES string of the molecule is c1ccc(-n2c3ccccc3c3cc4c(cc32)c2ccccc2n4-c2cccc(-c3ccc4c(c3)c3ccccc3n4-c3ccc4ccccc4c3)c2)cc1. The van der Waals surface area contributed by atoms with Crippen molar-refractivity contribution in [1.29, 1.82) is 0 Å². The molecule has 0 saturated heterocycles. The van der Waals surface area contributed by atoms with Crippen LogP contribution in [0.15, 0.2) is 200 Å². The van der Waals surface area contributed by atoms with Crippen molar-refractivity contribution in [1.82, 2.24) is 13.7 Å². The molecule has 3 aromatic heterocycles. The van der Waals surface area contributed by atoms with E-state index in [1.165, 1.54) is 98.7 Å². The molecule has 9 aromatic carbocycles. The van der Waals surface area contributed by atoms with E-state index >= 15 is 0 Å². The van der Waals surface area contributed by atoms with E-state index < -0.39 is 0 Å². The molecule has 3 nitrogen and oxygen atoms in total. The first-order valence-electron chi connectivity index (χ1n) is 18.9. The lowest BCUT2D eigenvalue weighted by molar-refractivity contribution is 1.17. The molecule has 0 bridgehead atoms. The molecule has 0 spiro atoms. The van der Waals surface area contributed by atoms with Crippen LogP contribution >= 0.6 is 0 Å². The standard InChI is InChI=1S/C52H33N3/c1-2-16-38(17-3-1)53-47-22-9-7-20-42(47)45-33-52-46(32-51(45)53)43-21-8-11-24-49(43)55(52)39-18-12-15-36(30-39)37-26-28-50-44(31-37)41-19-6-10-23-48(41)54(50)40-27-25-34-13-4-5-14-35(34)29-40/h1-33H. The van der Waals surface area contributed by atoms with E-state index in [0.717, 1.165) is 5.69 Å². The van der Waals surface area contributed by atoms with E-state index in [1.807, 2.05) is 0 Å². The van der Waals surface area contributed by atoms with Crippen LogP contribution in [0, 0.1) is 0 Å². The van der Waals surface area contributed by atoms with E-state index in [9.17, 15) is 0 Å². The van der Waals surface area contributed by atoms with Gasteiger partial charge < -0.3 is 13.7 Å². The second-order valence-electron chi connectivity index (χ2n) is 14.6. The molecule has 0 unspecified atom stereocenters. The Kier molecular flexibility index (Phi) is 6.34. The van der Waals surface area contributed by atoms with Gasteiger partial charge in [-0.3, -0.25) is 0 Å². The average Bonchev–Trinajstić information content (AvgIpc) is 3.88. The summed E-state index contributed by atoms with van der Waals surface area (Å²) in [5, 5.41) is 10.00. The van der Waals surface area contributed by atoms with Gasteiger partial charge in [0.15, 0.2) is 0 Å². The Bertz CT molecular complexity index is 3490. The van der Waals surface area contributed by atoms with E-state index in [-0.39, 0.29) is 0 Å². The number of nitrogens with zero attached hydrogens (tertiary/aromatic N) is 3. The summed E-state index contributed by atoms with van der Waals surface area (Å²) in [4.78, 5) is 0. The minimum atomic E-state index is 1.15. The molecule has 0 saturated carbocycles. The summed E-state index contributed by atoms with van der Waals surface area (Å²) < 4.78 is 7.27. The molecule has 0 aliphatic heterocycles. The number of hydrogen-bond acceptors (Lipinski definition) is 0. The third-order valence-corrected chi connectivity index (χ3v) is 11.6. The molecule has 12 rings (SSSR count). The minimum absolute atomic E-state index is 1.15. The zero-order chi connectivity index (χ0) is 36.0. The molecule has 55 heavy (non-hydrogen) atoms. The highest BCUT2D eigenvalue weighted by atomic mass is 15.0. The number of hydrogen-bond donors (Lipinski definition) is 0. The second kappa shape index (κ2) is 11.6. The smallest absolute Gasteiger partial charge is 0.0548 e. The van der Waals surface area contributed by atoms with E-state index in [4.69, 9.17) is 0 Å². The number of aromatic nitrogens is 3. The second-order valence-corrected chi connectivity index (χ2v) is 14.6. The lowest BCUT2D eigenvalue weighted by atomic mass is 10.0. The molecule has 0 radical (unpaired) electrons. The molecule has 0 aliphatic carbocycles. The third-order valence-electron chi connectivity index (χ3n) is 11.6. The van der Waals surface area contributed by atoms with Gasteiger partial charge in [0.25, 0.3) is 0 Å². The van der Waals surface area contributed by atoms with Crippen LogP contribution in [0.5, 0.6) is 0 Å². The Labute approximate surface area is 317 Å². The summed E-state index contributed by atoms with van der Waals surface area (Å²) in [5.74, 6) is 0. The van der Waals surface area contributed by atoms with Crippen LogP contribution in [-0.2, 0) is 0 Å². The predicted octanol–water partition coefficient (Wildman–Crippen LogP) is 13.8. The summed E-state index contributed by atoms with van der Waals surface area (Å²) in [6.45, 7) is 0. The summed E-state index contributed by atoms with van der Waals surface area (Å²) in [6, 6.07) is 73.3. The largest absolute Gasteiger partial charge is 0.309 e. The van der Waals surface area contributed by atoms with Gasteiger partial charge in [-0.1, -0.05) is 121 Å². The van der Waals surface area contributed by atoms with Gasteiger partial charge in [0.1, 0.15) is 0 Å². The first-order chi connectivity index (χ1) is 27.3. The Hall–Kier alpha value is -7.36. The van der Waals surface area contributed by atoms with Crippen molar-refractivity contribution in [3.05, 3.63) is 200 Å². The van der Waals surface area contributed by atoms with Gasteiger partial charge in [0.05, 0.1) is 33.1 Å². The Morgan fingerprint density at radius 2 is 0.691 bits per heavy atom. The highest BCUT2D eigenvalue weighted by Crippen LogP contribution is 2.41. The van der Waals surface area contributed by atoms with Gasteiger partial charge in [-0.25, -0.2) is 0 Å². The monoisotopic (exact) mass is 699 g/mol. The molecule has 3 heterocycles. The first-order valence-corrected chi connectivity index (χ1v) is 18.9. The van der Waals surface area contributed by atoms with Gasteiger partial charge in [0.2, 0.25) is 0 Å². The van der Waals surface area contributed by atoms with Crippen molar-refractivity contribution >= 4 is 76.2 Å². The maximum atomic E-state index is 2.45. The Morgan fingerprint density at radius 3 is 1.36 bits per heavy atom. The zero-order valence-electron chi connectivity index (χ0n) is 29.9. The van der Waals surface area contributed by atoms with Gasteiger partial charge in [-0.05, 0) is 101 Å². The fraction of sp³-hybridized carbons (Fsp3) is 0. The lowest BCUT2D eigenvalue weighted by Gasteiger charge is -2.12. The molecule has 12 aromatic rings. The van der Waals surface area contributed by atoms with Crippen molar-refractivity contribution in [2.24, 2.45) is 0 Å². The van der Waals surface area contributed by atoms with Gasteiger partial charge in [-0.15, -0.1) is 0 Å². The molecule has 0 atom stereocenters. The minimum Gasteiger partial charge on any atom is -0.309 e. The Balaban J connectivity index is 1.06. The number of rotatable bonds is 4. The molecule has 0 fully saturated rings. The van der Waals surface area contributed by atoms with Crippen molar-refractivity contribution < 1.29 is 0 Å². The molecule has 0 N–H and O–H groups in total. The van der Waals surface area contributed by atoms with Crippen LogP contribution < -0.4 is 0 Å². The van der Waals surface area contributed by atoms with E-state index in [1.54, 1.807) is 0 Å². The van der Waals surface area contributed by atoms with Crippen LogP contribution in [0.2, 0.25) is 0 Å². The highest BCUT2D eigenvalue weighted by Gasteiger charge is 2.19. The highest BCUT2D eigenvalue weighted by molar-refractivity contribution is 6.19. The van der Waals surface area contributed by atoms with Crippen molar-refractivity contribution in [3.8, 4) is 28.2 Å². The molecule has 0 amide bonds. The van der Waals surface area contributed by atoms with Crippen LogP contribution in [0.1, 0.15) is 0 Å². The third kappa shape index (κ3) is 4.44. The van der Waals surface area contributed by atoms with Crippen LogP contribution in [-0.4, -0.2) is 13.7 Å². The molecule has 3 heteroatoms. The predicted molar refractivity (Wildman–Crippen MR) is 232 cm³/mol. The molecular formula is C52H33N3. The van der Waals surface area contributed by atoms with Crippen molar-refractivity contribution in [3.63, 3.8) is 0 Å². The maximum absolute atomic E-state index is 2.45. The fourth-order valence-electron chi connectivity index (χ4n) is 9.14. The van der Waals surface area contributed by atoms with E-state index in [0.29, 0.717) is 0 Å². The molecule has 256 valence electrons. The number of para-hydroxylation sites is 4. The maximum Gasteiger partial charge on any atom is 0.0548 e. The Morgan fingerprint density at radius 1 is 0.218 bits per heavy atom. The van der Waals surface area contributed by atoms with Crippen molar-refractivity contribution in [2.45, 2.75) is 0 Å². The topological polar surface area (TPSA) is 14.8 Å². The quantitative estimate of drug-likeness (QED) is 0.174. The van der Waals surface area contributed by atoms with Crippen LogP contribution in [0.3, 0.4) is 0 Å². The van der Waals surface area contributed by atoms with E-state index in [2.05, 4.69) is 214 Å². The summed E-state index contributed by atoms with van der Waals surface area (Å²) in [5.41, 5.74) is 13.1. The molecule has 0 aliphatic rings. The fourth-order valence-corrected chi connectivity index (χ4v) is 9.14. The van der Waals surface area contributed by atoms with Crippen LogP contribution in [0.25, 0.3) is 104 Å².